The van der Waals surface area contributed by atoms with E-state index in [0.29, 0.717) is 17.9 Å². The van der Waals surface area contributed by atoms with E-state index < -0.39 is 10.7 Å². The van der Waals surface area contributed by atoms with Gasteiger partial charge in [0.1, 0.15) is 5.82 Å². The first kappa shape index (κ1) is 13.9. The summed E-state index contributed by atoms with van der Waals surface area (Å²) in [6.07, 6.45) is 3.72. The van der Waals surface area contributed by atoms with Crippen molar-refractivity contribution in [2.75, 3.05) is 0 Å². The van der Waals surface area contributed by atoms with Gasteiger partial charge in [-0.2, -0.15) is 0 Å². The van der Waals surface area contributed by atoms with E-state index in [0.717, 1.165) is 25.3 Å². The molecule has 1 aromatic rings. The van der Waals surface area contributed by atoms with Crippen LogP contribution >= 0.6 is 0 Å². The molecule has 0 amide bonds. The molecule has 1 aliphatic carbocycles. The highest BCUT2D eigenvalue weighted by Crippen LogP contribution is 2.31. The van der Waals surface area contributed by atoms with Gasteiger partial charge in [-0.15, -0.1) is 0 Å². The molecule has 0 saturated heterocycles. The molecule has 1 aromatic carbocycles. The minimum Gasteiger partial charge on any atom is -0.327 e. The first-order chi connectivity index (χ1) is 8.95. The van der Waals surface area contributed by atoms with Gasteiger partial charge in [-0.1, -0.05) is 6.92 Å². The monoisotopic (exact) mass is 266 g/mol. The molecule has 19 heavy (non-hydrogen) atoms. The average molecular weight is 266 g/mol. The Bertz CT molecular complexity index is 479. The Labute approximate surface area is 112 Å². The van der Waals surface area contributed by atoms with Gasteiger partial charge >= 0.3 is 0 Å². The van der Waals surface area contributed by atoms with Crippen LogP contribution in [0.4, 0.5) is 10.1 Å². The predicted molar refractivity (Wildman–Crippen MR) is 71.2 cm³/mol. The van der Waals surface area contributed by atoms with Gasteiger partial charge in [0, 0.05) is 12.1 Å². The lowest BCUT2D eigenvalue weighted by atomic mass is 9.76. The normalized spacial score (nSPS) is 27.2. The van der Waals surface area contributed by atoms with Crippen molar-refractivity contribution in [2.45, 2.75) is 38.6 Å². The lowest BCUT2D eigenvalue weighted by Gasteiger charge is -2.32. The molecule has 0 aromatic heterocycles. The molecule has 2 rings (SSSR count). The summed E-state index contributed by atoms with van der Waals surface area (Å²) in [6.45, 7) is 2.19. The molecule has 5 heteroatoms. The second-order valence-corrected chi connectivity index (χ2v) is 5.62. The van der Waals surface area contributed by atoms with E-state index >= 15 is 0 Å². The molecule has 0 heterocycles. The second kappa shape index (κ2) is 5.65. The minimum atomic E-state index is -0.560. The van der Waals surface area contributed by atoms with Crippen LogP contribution in [0.25, 0.3) is 0 Å². The topological polar surface area (TPSA) is 69.2 Å². The molecule has 4 nitrogen and oxygen atoms in total. The lowest BCUT2D eigenvalue weighted by Crippen LogP contribution is -2.36. The number of rotatable bonds is 3. The van der Waals surface area contributed by atoms with Gasteiger partial charge in [0.05, 0.1) is 11.0 Å². The number of hydrogen-bond acceptors (Lipinski definition) is 3. The third-order valence-corrected chi connectivity index (χ3v) is 3.95. The van der Waals surface area contributed by atoms with Crippen molar-refractivity contribution in [3.05, 3.63) is 39.7 Å². The number of nitro benzene ring substituents is 1. The van der Waals surface area contributed by atoms with Crippen LogP contribution in [0.3, 0.4) is 0 Å². The Kier molecular flexibility index (Phi) is 4.14. The number of nitrogens with two attached hydrogens (primary N) is 1. The smallest absolute Gasteiger partial charge is 0.272 e. The van der Waals surface area contributed by atoms with Crippen LogP contribution in [0.15, 0.2) is 18.2 Å². The summed E-state index contributed by atoms with van der Waals surface area (Å²) in [7, 11) is 0. The van der Waals surface area contributed by atoms with Crippen molar-refractivity contribution in [3.63, 3.8) is 0 Å². The van der Waals surface area contributed by atoms with Gasteiger partial charge in [0.25, 0.3) is 5.69 Å². The largest absolute Gasteiger partial charge is 0.327 e. The number of hydrogen-bond donors (Lipinski definition) is 1. The van der Waals surface area contributed by atoms with Crippen molar-refractivity contribution in [3.8, 4) is 0 Å². The Balaban J connectivity index is 2.16. The zero-order valence-electron chi connectivity index (χ0n) is 11.0. The number of non-ortho nitro benzene ring substituents is 1. The summed E-state index contributed by atoms with van der Waals surface area (Å²) in [5, 5.41) is 10.7. The highest BCUT2D eigenvalue weighted by atomic mass is 19.1. The van der Waals surface area contributed by atoms with E-state index in [1.54, 1.807) is 0 Å². The second-order valence-electron chi connectivity index (χ2n) is 5.62. The third-order valence-electron chi connectivity index (χ3n) is 3.95. The van der Waals surface area contributed by atoms with Crippen LogP contribution < -0.4 is 5.73 Å². The number of halogens is 1. The maximum absolute atomic E-state index is 13.4. The summed E-state index contributed by atoms with van der Waals surface area (Å²) in [6, 6.07) is 3.89. The van der Waals surface area contributed by atoms with Crippen LogP contribution in [0.2, 0.25) is 0 Å². The number of nitro groups is 1. The average Bonchev–Trinajstić information content (AvgIpc) is 2.33. The maximum Gasteiger partial charge on any atom is 0.272 e. The number of benzene rings is 1. The van der Waals surface area contributed by atoms with Gasteiger partial charge in [0.15, 0.2) is 0 Å². The zero-order valence-corrected chi connectivity index (χ0v) is 11.0. The van der Waals surface area contributed by atoms with Gasteiger partial charge in [-0.05, 0) is 49.1 Å². The van der Waals surface area contributed by atoms with Crippen LogP contribution in [0.1, 0.15) is 31.7 Å². The molecular formula is C14H19FN2O2. The van der Waals surface area contributed by atoms with Crippen molar-refractivity contribution in [2.24, 2.45) is 17.6 Å². The fourth-order valence-corrected chi connectivity index (χ4v) is 2.92. The predicted octanol–water partition coefficient (Wildman–Crippen LogP) is 3.04. The molecule has 0 radical (unpaired) electrons. The van der Waals surface area contributed by atoms with E-state index in [4.69, 9.17) is 5.73 Å². The minimum absolute atomic E-state index is 0.110. The summed E-state index contributed by atoms with van der Waals surface area (Å²) < 4.78 is 13.4. The van der Waals surface area contributed by atoms with Crippen molar-refractivity contribution in [1.29, 1.82) is 0 Å². The van der Waals surface area contributed by atoms with E-state index in [9.17, 15) is 14.5 Å². The summed E-state index contributed by atoms with van der Waals surface area (Å²) >= 11 is 0. The molecule has 1 aliphatic rings. The molecule has 0 bridgehead atoms. The van der Waals surface area contributed by atoms with E-state index in [1.165, 1.54) is 12.1 Å². The molecule has 1 saturated carbocycles. The molecule has 1 fully saturated rings. The van der Waals surface area contributed by atoms with Crippen molar-refractivity contribution in [1.82, 2.24) is 0 Å². The van der Waals surface area contributed by atoms with Crippen LogP contribution in [0, 0.1) is 27.8 Å². The Morgan fingerprint density at radius 2 is 2.16 bits per heavy atom. The van der Waals surface area contributed by atoms with Crippen LogP contribution in [0.5, 0.6) is 0 Å². The van der Waals surface area contributed by atoms with Crippen LogP contribution in [-0.2, 0) is 6.42 Å². The van der Waals surface area contributed by atoms with Crippen molar-refractivity contribution < 1.29 is 9.31 Å². The summed E-state index contributed by atoms with van der Waals surface area (Å²) in [5.41, 5.74) is 6.58. The van der Waals surface area contributed by atoms with Gasteiger partial charge < -0.3 is 5.73 Å². The Morgan fingerprint density at radius 3 is 2.84 bits per heavy atom. The Morgan fingerprint density at radius 1 is 1.42 bits per heavy atom. The summed E-state index contributed by atoms with van der Waals surface area (Å²) in [5.74, 6) is 0.347. The molecule has 0 aliphatic heterocycles. The number of nitrogens with zero attached hydrogens (tertiary/aromatic N) is 1. The molecule has 2 N–H and O–H groups in total. The van der Waals surface area contributed by atoms with E-state index in [-0.39, 0.29) is 17.6 Å². The lowest BCUT2D eigenvalue weighted by molar-refractivity contribution is -0.385. The molecule has 0 spiro atoms. The van der Waals surface area contributed by atoms with Crippen molar-refractivity contribution >= 4 is 5.69 Å². The van der Waals surface area contributed by atoms with E-state index in [1.807, 2.05) is 0 Å². The fraction of sp³-hybridized carbons (Fsp3) is 0.571. The van der Waals surface area contributed by atoms with E-state index in [2.05, 4.69) is 6.92 Å². The summed E-state index contributed by atoms with van der Waals surface area (Å²) in [4.78, 5) is 10.2. The Hall–Kier alpha value is -1.49. The molecular weight excluding hydrogens is 247 g/mol. The zero-order chi connectivity index (χ0) is 14.0. The third kappa shape index (κ3) is 3.50. The first-order valence-corrected chi connectivity index (χ1v) is 6.65. The quantitative estimate of drug-likeness (QED) is 0.675. The fourth-order valence-electron chi connectivity index (χ4n) is 2.92. The van der Waals surface area contributed by atoms with Crippen LogP contribution in [-0.4, -0.2) is 11.0 Å². The standard InChI is InChI=1S/C14H19FN2O2/c1-9-2-3-14(16)11(4-9)5-10-6-12(15)8-13(7-10)17(18)19/h6-9,11,14H,2-5,16H2,1H3. The molecule has 3 atom stereocenters. The first-order valence-electron chi connectivity index (χ1n) is 6.65. The van der Waals surface area contributed by atoms with Gasteiger partial charge in [-0.3, -0.25) is 10.1 Å². The maximum atomic E-state index is 13.4. The van der Waals surface area contributed by atoms with Gasteiger partial charge in [0.2, 0.25) is 0 Å². The van der Waals surface area contributed by atoms with Gasteiger partial charge in [-0.25, -0.2) is 4.39 Å². The highest BCUT2D eigenvalue weighted by molar-refractivity contribution is 5.35. The molecule has 104 valence electrons. The highest BCUT2D eigenvalue weighted by Gasteiger charge is 2.26. The molecule has 3 unspecified atom stereocenters. The SMILES string of the molecule is CC1CCC(N)C(Cc2cc(F)cc([N+](=O)[O-])c2)C1.